The van der Waals surface area contributed by atoms with Crippen LogP contribution in [0.1, 0.15) is 42.1 Å². The molecular formula is C15H23NO2. The van der Waals surface area contributed by atoms with Gasteiger partial charge in [-0.3, -0.25) is 0 Å². The SMILES string of the molecule is CCCCNCCCOC(=O)c1ccc(C)cc1. The topological polar surface area (TPSA) is 38.3 Å². The second kappa shape index (κ2) is 8.70. The predicted octanol–water partition coefficient (Wildman–Crippen LogP) is 2.93. The third-order valence-electron chi connectivity index (χ3n) is 2.73. The quantitative estimate of drug-likeness (QED) is 0.568. The molecule has 1 aromatic carbocycles. The molecule has 0 radical (unpaired) electrons. The predicted molar refractivity (Wildman–Crippen MR) is 73.9 cm³/mol. The first-order valence-corrected chi connectivity index (χ1v) is 6.68. The van der Waals surface area contributed by atoms with Crippen LogP contribution in [0.25, 0.3) is 0 Å². The number of aryl methyl sites for hydroxylation is 1. The van der Waals surface area contributed by atoms with E-state index in [0.29, 0.717) is 12.2 Å². The number of ether oxygens (including phenoxy) is 1. The highest BCUT2D eigenvalue weighted by molar-refractivity contribution is 5.89. The molecule has 3 nitrogen and oxygen atoms in total. The van der Waals surface area contributed by atoms with Crippen LogP contribution in [0.5, 0.6) is 0 Å². The van der Waals surface area contributed by atoms with Crippen molar-refractivity contribution in [1.82, 2.24) is 5.32 Å². The molecule has 0 saturated heterocycles. The van der Waals surface area contributed by atoms with Crippen molar-refractivity contribution in [2.45, 2.75) is 33.1 Å². The van der Waals surface area contributed by atoms with Gasteiger partial charge in [0, 0.05) is 0 Å². The van der Waals surface area contributed by atoms with E-state index in [0.717, 1.165) is 25.1 Å². The molecule has 18 heavy (non-hydrogen) atoms. The smallest absolute Gasteiger partial charge is 0.338 e. The monoisotopic (exact) mass is 249 g/mol. The van der Waals surface area contributed by atoms with E-state index in [1.165, 1.54) is 12.8 Å². The molecular weight excluding hydrogens is 226 g/mol. The molecule has 0 atom stereocenters. The summed E-state index contributed by atoms with van der Waals surface area (Å²) in [6.45, 7) is 6.59. The molecule has 0 saturated carbocycles. The third kappa shape index (κ3) is 5.82. The summed E-state index contributed by atoms with van der Waals surface area (Å²) >= 11 is 0. The standard InChI is InChI=1S/C15H23NO2/c1-3-4-10-16-11-5-12-18-15(17)14-8-6-13(2)7-9-14/h6-9,16H,3-5,10-12H2,1-2H3. The van der Waals surface area contributed by atoms with Gasteiger partial charge in [-0.2, -0.15) is 0 Å². The van der Waals surface area contributed by atoms with E-state index < -0.39 is 0 Å². The molecule has 1 rings (SSSR count). The molecule has 0 aliphatic carbocycles. The fourth-order valence-corrected chi connectivity index (χ4v) is 1.56. The summed E-state index contributed by atoms with van der Waals surface area (Å²) in [5.41, 5.74) is 1.77. The van der Waals surface area contributed by atoms with Gasteiger partial charge in [0.05, 0.1) is 12.2 Å². The largest absolute Gasteiger partial charge is 0.462 e. The molecule has 3 heteroatoms. The summed E-state index contributed by atoms with van der Waals surface area (Å²) in [5, 5.41) is 3.32. The van der Waals surface area contributed by atoms with Crippen LogP contribution in [-0.2, 0) is 4.74 Å². The summed E-state index contributed by atoms with van der Waals surface area (Å²) in [6, 6.07) is 7.44. The van der Waals surface area contributed by atoms with E-state index in [2.05, 4.69) is 12.2 Å². The van der Waals surface area contributed by atoms with Gasteiger partial charge in [0.15, 0.2) is 0 Å². The van der Waals surface area contributed by atoms with Gasteiger partial charge in [-0.25, -0.2) is 4.79 Å². The van der Waals surface area contributed by atoms with Crippen LogP contribution in [0.2, 0.25) is 0 Å². The molecule has 100 valence electrons. The van der Waals surface area contributed by atoms with Crippen molar-refractivity contribution < 1.29 is 9.53 Å². The zero-order valence-corrected chi connectivity index (χ0v) is 11.4. The van der Waals surface area contributed by atoms with Gasteiger partial charge in [0.25, 0.3) is 0 Å². The Labute approximate surface area is 110 Å². The Bertz CT molecular complexity index is 346. The highest BCUT2D eigenvalue weighted by Crippen LogP contribution is 2.04. The summed E-state index contributed by atoms with van der Waals surface area (Å²) in [7, 11) is 0. The van der Waals surface area contributed by atoms with Crippen molar-refractivity contribution in [3.05, 3.63) is 35.4 Å². The van der Waals surface area contributed by atoms with Gasteiger partial charge in [-0.15, -0.1) is 0 Å². The Morgan fingerprint density at radius 1 is 1.17 bits per heavy atom. The van der Waals surface area contributed by atoms with Crippen LogP contribution in [0.3, 0.4) is 0 Å². The average molecular weight is 249 g/mol. The molecule has 1 aromatic rings. The number of unbranched alkanes of at least 4 members (excludes halogenated alkanes) is 1. The molecule has 0 aliphatic heterocycles. The molecule has 0 amide bonds. The van der Waals surface area contributed by atoms with Crippen molar-refractivity contribution in [2.24, 2.45) is 0 Å². The first-order chi connectivity index (χ1) is 8.74. The number of nitrogens with one attached hydrogen (secondary N) is 1. The van der Waals surface area contributed by atoms with E-state index in [9.17, 15) is 4.79 Å². The zero-order valence-electron chi connectivity index (χ0n) is 11.4. The Morgan fingerprint density at radius 2 is 1.83 bits per heavy atom. The molecule has 0 spiro atoms. The van der Waals surface area contributed by atoms with E-state index in [1.54, 1.807) is 12.1 Å². The van der Waals surface area contributed by atoms with Crippen molar-refractivity contribution >= 4 is 5.97 Å². The lowest BCUT2D eigenvalue weighted by molar-refractivity contribution is 0.0501. The second-order valence-electron chi connectivity index (χ2n) is 4.46. The molecule has 0 aromatic heterocycles. The normalized spacial score (nSPS) is 10.3. The minimum Gasteiger partial charge on any atom is -0.462 e. The lowest BCUT2D eigenvalue weighted by Crippen LogP contribution is -2.18. The van der Waals surface area contributed by atoms with Crippen molar-refractivity contribution in [2.75, 3.05) is 19.7 Å². The highest BCUT2D eigenvalue weighted by Gasteiger charge is 2.05. The number of benzene rings is 1. The molecule has 0 heterocycles. The maximum absolute atomic E-state index is 11.6. The maximum atomic E-state index is 11.6. The first-order valence-electron chi connectivity index (χ1n) is 6.68. The van der Waals surface area contributed by atoms with Crippen LogP contribution >= 0.6 is 0 Å². The Balaban J connectivity index is 2.12. The molecule has 0 bridgehead atoms. The number of carbonyl (C=O) groups is 1. The number of hydrogen-bond donors (Lipinski definition) is 1. The van der Waals surface area contributed by atoms with Crippen molar-refractivity contribution in [1.29, 1.82) is 0 Å². The minimum absolute atomic E-state index is 0.233. The maximum Gasteiger partial charge on any atom is 0.338 e. The van der Waals surface area contributed by atoms with Crippen molar-refractivity contribution in [3.8, 4) is 0 Å². The summed E-state index contributed by atoms with van der Waals surface area (Å²) < 4.78 is 5.20. The highest BCUT2D eigenvalue weighted by atomic mass is 16.5. The summed E-state index contributed by atoms with van der Waals surface area (Å²) in [6.07, 6.45) is 3.26. The van der Waals surface area contributed by atoms with E-state index in [-0.39, 0.29) is 5.97 Å². The Kier molecular flexibility index (Phi) is 7.11. The second-order valence-corrected chi connectivity index (χ2v) is 4.46. The lowest BCUT2D eigenvalue weighted by Gasteiger charge is -2.06. The molecule has 0 aliphatic rings. The van der Waals surface area contributed by atoms with Crippen molar-refractivity contribution in [3.63, 3.8) is 0 Å². The fraction of sp³-hybridized carbons (Fsp3) is 0.533. The first kappa shape index (κ1) is 14.7. The average Bonchev–Trinajstić information content (AvgIpc) is 2.38. The van der Waals surface area contributed by atoms with Crippen LogP contribution < -0.4 is 5.32 Å². The van der Waals surface area contributed by atoms with Crippen LogP contribution in [0.15, 0.2) is 24.3 Å². The number of esters is 1. The summed E-state index contributed by atoms with van der Waals surface area (Å²) in [5.74, 6) is -0.233. The van der Waals surface area contributed by atoms with Gasteiger partial charge >= 0.3 is 5.97 Å². The summed E-state index contributed by atoms with van der Waals surface area (Å²) in [4.78, 5) is 11.6. The Hall–Kier alpha value is -1.35. The minimum atomic E-state index is -0.233. The van der Waals surface area contributed by atoms with Crippen LogP contribution in [-0.4, -0.2) is 25.7 Å². The molecule has 0 fully saturated rings. The van der Waals surface area contributed by atoms with E-state index in [4.69, 9.17) is 4.74 Å². The lowest BCUT2D eigenvalue weighted by atomic mass is 10.1. The van der Waals surface area contributed by atoms with Crippen LogP contribution in [0.4, 0.5) is 0 Å². The molecule has 0 unspecified atom stereocenters. The van der Waals surface area contributed by atoms with Crippen LogP contribution in [0, 0.1) is 6.92 Å². The zero-order chi connectivity index (χ0) is 13.2. The van der Waals surface area contributed by atoms with Gasteiger partial charge < -0.3 is 10.1 Å². The van der Waals surface area contributed by atoms with Gasteiger partial charge in [0.1, 0.15) is 0 Å². The van der Waals surface area contributed by atoms with Gasteiger partial charge in [-0.1, -0.05) is 31.0 Å². The fourth-order valence-electron chi connectivity index (χ4n) is 1.56. The molecule has 1 N–H and O–H groups in total. The number of hydrogen-bond acceptors (Lipinski definition) is 3. The third-order valence-corrected chi connectivity index (χ3v) is 2.73. The number of rotatable bonds is 8. The van der Waals surface area contributed by atoms with E-state index in [1.807, 2.05) is 19.1 Å². The van der Waals surface area contributed by atoms with Gasteiger partial charge in [-0.05, 0) is 45.0 Å². The number of carbonyl (C=O) groups excluding carboxylic acids is 1. The Morgan fingerprint density at radius 3 is 2.50 bits per heavy atom. The van der Waals surface area contributed by atoms with Gasteiger partial charge in [0.2, 0.25) is 0 Å². The van der Waals surface area contributed by atoms with E-state index >= 15 is 0 Å².